The molecule has 14 heavy (non-hydrogen) atoms. The first-order valence-electron chi connectivity index (χ1n) is 4.38. The van der Waals surface area contributed by atoms with Gasteiger partial charge in [-0.15, -0.1) is 0 Å². The molecule has 0 saturated carbocycles. The molecule has 1 aromatic carbocycles. The second-order valence-corrected chi connectivity index (χ2v) is 3.31. The highest BCUT2D eigenvalue weighted by Gasteiger charge is 2.22. The van der Waals surface area contributed by atoms with Crippen LogP contribution in [-0.2, 0) is 9.47 Å². The Balaban J connectivity index is 2.32. The fourth-order valence-electron chi connectivity index (χ4n) is 1.41. The Bertz CT molecular complexity index is 321. The molecule has 1 saturated heterocycles. The minimum atomic E-state index is -0.349. The maximum absolute atomic E-state index is 6.10. The van der Waals surface area contributed by atoms with Crippen molar-refractivity contribution >= 4 is 11.6 Å². The van der Waals surface area contributed by atoms with Gasteiger partial charge in [-0.3, -0.25) is 0 Å². The highest BCUT2D eigenvalue weighted by Crippen LogP contribution is 2.35. The molecule has 0 amide bonds. The van der Waals surface area contributed by atoms with Crippen molar-refractivity contribution in [2.45, 2.75) is 6.29 Å². The molecule has 2 rings (SSSR count). The number of hydrogen-bond donors (Lipinski definition) is 0. The van der Waals surface area contributed by atoms with Crippen molar-refractivity contribution in [2.24, 2.45) is 0 Å². The van der Waals surface area contributed by atoms with E-state index >= 15 is 0 Å². The van der Waals surface area contributed by atoms with Crippen molar-refractivity contribution in [3.63, 3.8) is 0 Å². The van der Waals surface area contributed by atoms with E-state index in [4.69, 9.17) is 25.8 Å². The van der Waals surface area contributed by atoms with Crippen LogP contribution in [0.25, 0.3) is 0 Å². The smallest absolute Gasteiger partial charge is 0.185 e. The van der Waals surface area contributed by atoms with Crippen LogP contribution >= 0.6 is 11.6 Å². The Morgan fingerprint density at radius 2 is 2.07 bits per heavy atom. The number of ether oxygens (including phenoxy) is 3. The first-order valence-corrected chi connectivity index (χ1v) is 4.76. The Hall–Kier alpha value is -0.770. The zero-order chi connectivity index (χ0) is 9.97. The summed E-state index contributed by atoms with van der Waals surface area (Å²) in [6, 6.07) is 5.55. The second kappa shape index (κ2) is 4.17. The van der Waals surface area contributed by atoms with Gasteiger partial charge in [0.15, 0.2) is 6.29 Å². The SMILES string of the molecule is COc1cccc(C2OCCO2)c1Cl. The van der Waals surface area contributed by atoms with E-state index in [-0.39, 0.29) is 6.29 Å². The summed E-state index contributed by atoms with van der Waals surface area (Å²) < 4.78 is 15.8. The molecular formula is C10H11ClO3. The van der Waals surface area contributed by atoms with E-state index in [9.17, 15) is 0 Å². The van der Waals surface area contributed by atoms with Crippen LogP contribution in [0.2, 0.25) is 5.02 Å². The van der Waals surface area contributed by atoms with Gasteiger partial charge in [-0.1, -0.05) is 23.7 Å². The molecule has 0 bridgehead atoms. The summed E-state index contributed by atoms with van der Waals surface area (Å²) in [5, 5.41) is 0.557. The number of halogens is 1. The first-order chi connectivity index (χ1) is 6.83. The summed E-state index contributed by atoms with van der Waals surface area (Å²) in [7, 11) is 1.58. The maximum atomic E-state index is 6.10. The average molecular weight is 215 g/mol. The van der Waals surface area contributed by atoms with Crippen LogP contribution in [0.1, 0.15) is 11.9 Å². The monoisotopic (exact) mass is 214 g/mol. The Morgan fingerprint density at radius 1 is 1.36 bits per heavy atom. The quantitative estimate of drug-likeness (QED) is 0.757. The maximum Gasteiger partial charge on any atom is 0.185 e. The van der Waals surface area contributed by atoms with Gasteiger partial charge < -0.3 is 14.2 Å². The van der Waals surface area contributed by atoms with Crippen molar-refractivity contribution < 1.29 is 14.2 Å². The molecule has 0 aliphatic carbocycles. The van der Waals surface area contributed by atoms with Gasteiger partial charge in [0, 0.05) is 5.56 Å². The summed E-state index contributed by atoms with van der Waals surface area (Å²) in [4.78, 5) is 0. The summed E-state index contributed by atoms with van der Waals surface area (Å²) in [6.07, 6.45) is -0.349. The third-order valence-electron chi connectivity index (χ3n) is 2.09. The van der Waals surface area contributed by atoms with Gasteiger partial charge in [-0.2, -0.15) is 0 Å². The van der Waals surface area contributed by atoms with E-state index in [0.717, 1.165) is 5.56 Å². The predicted octanol–water partition coefficient (Wildman–Crippen LogP) is 2.39. The van der Waals surface area contributed by atoms with E-state index < -0.39 is 0 Å². The molecule has 76 valence electrons. The van der Waals surface area contributed by atoms with Gasteiger partial charge in [0.05, 0.1) is 25.3 Å². The van der Waals surface area contributed by atoms with Crippen molar-refractivity contribution in [2.75, 3.05) is 20.3 Å². The molecule has 0 spiro atoms. The molecule has 4 heteroatoms. The third-order valence-corrected chi connectivity index (χ3v) is 2.49. The van der Waals surface area contributed by atoms with Crippen LogP contribution in [0.3, 0.4) is 0 Å². The molecular weight excluding hydrogens is 204 g/mol. The standard InChI is InChI=1S/C10H11ClO3/c1-12-8-4-2-3-7(9(8)11)10-13-5-6-14-10/h2-4,10H,5-6H2,1H3. The lowest BCUT2D eigenvalue weighted by atomic mass is 10.2. The first kappa shape index (κ1) is 9.77. The molecule has 0 aromatic heterocycles. The Kier molecular flexibility index (Phi) is 2.91. The molecule has 1 aliphatic rings. The highest BCUT2D eigenvalue weighted by atomic mass is 35.5. The average Bonchev–Trinajstić information content (AvgIpc) is 2.71. The Morgan fingerprint density at radius 3 is 2.71 bits per heavy atom. The molecule has 1 heterocycles. The molecule has 3 nitrogen and oxygen atoms in total. The highest BCUT2D eigenvalue weighted by molar-refractivity contribution is 6.32. The van der Waals surface area contributed by atoms with Crippen LogP contribution in [0, 0.1) is 0 Å². The molecule has 0 atom stereocenters. The van der Waals surface area contributed by atoms with Crippen LogP contribution in [-0.4, -0.2) is 20.3 Å². The lowest BCUT2D eigenvalue weighted by Gasteiger charge is -2.13. The van der Waals surface area contributed by atoms with E-state index in [1.807, 2.05) is 12.1 Å². The van der Waals surface area contributed by atoms with Gasteiger partial charge in [0.2, 0.25) is 0 Å². The normalized spacial score (nSPS) is 17.3. The van der Waals surface area contributed by atoms with Crippen LogP contribution in [0.4, 0.5) is 0 Å². The summed E-state index contributed by atoms with van der Waals surface area (Å²) in [5.74, 6) is 0.642. The summed E-state index contributed by atoms with van der Waals surface area (Å²) in [5.41, 5.74) is 0.823. The van der Waals surface area contributed by atoms with E-state index in [1.54, 1.807) is 13.2 Å². The van der Waals surface area contributed by atoms with Gasteiger partial charge in [0.25, 0.3) is 0 Å². The van der Waals surface area contributed by atoms with Crippen LogP contribution in [0.5, 0.6) is 5.75 Å². The lowest BCUT2D eigenvalue weighted by molar-refractivity contribution is -0.0441. The lowest BCUT2D eigenvalue weighted by Crippen LogP contribution is -1.99. The minimum Gasteiger partial charge on any atom is -0.495 e. The summed E-state index contributed by atoms with van der Waals surface area (Å²) >= 11 is 6.10. The largest absolute Gasteiger partial charge is 0.495 e. The zero-order valence-electron chi connectivity index (χ0n) is 7.83. The topological polar surface area (TPSA) is 27.7 Å². The fourth-order valence-corrected chi connectivity index (χ4v) is 1.70. The van der Waals surface area contributed by atoms with Crippen molar-refractivity contribution in [1.82, 2.24) is 0 Å². The third kappa shape index (κ3) is 1.71. The van der Waals surface area contributed by atoms with Crippen molar-refractivity contribution in [3.05, 3.63) is 28.8 Å². The molecule has 1 aromatic rings. The van der Waals surface area contributed by atoms with Crippen LogP contribution < -0.4 is 4.74 Å². The van der Waals surface area contributed by atoms with E-state index in [1.165, 1.54) is 0 Å². The molecule has 0 unspecified atom stereocenters. The number of methoxy groups -OCH3 is 1. The van der Waals surface area contributed by atoms with Crippen molar-refractivity contribution in [1.29, 1.82) is 0 Å². The molecule has 0 radical (unpaired) electrons. The van der Waals surface area contributed by atoms with Crippen LogP contribution in [0.15, 0.2) is 18.2 Å². The number of rotatable bonds is 2. The fraction of sp³-hybridized carbons (Fsp3) is 0.400. The summed E-state index contributed by atoms with van der Waals surface area (Å²) in [6.45, 7) is 1.22. The molecule has 1 fully saturated rings. The van der Waals surface area contributed by atoms with E-state index in [2.05, 4.69) is 0 Å². The van der Waals surface area contributed by atoms with Gasteiger partial charge in [0.1, 0.15) is 5.75 Å². The van der Waals surface area contributed by atoms with Gasteiger partial charge >= 0.3 is 0 Å². The van der Waals surface area contributed by atoms with Gasteiger partial charge in [-0.25, -0.2) is 0 Å². The number of benzene rings is 1. The number of hydrogen-bond acceptors (Lipinski definition) is 3. The van der Waals surface area contributed by atoms with Crippen molar-refractivity contribution in [3.8, 4) is 5.75 Å². The predicted molar refractivity (Wildman–Crippen MR) is 52.6 cm³/mol. The zero-order valence-corrected chi connectivity index (χ0v) is 8.58. The van der Waals surface area contributed by atoms with Gasteiger partial charge in [-0.05, 0) is 6.07 Å². The van der Waals surface area contributed by atoms with E-state index in [0.29, 0.717) is 24.0 Å². The minimum absolute atomic E-state index is 0.349. The molecule has 1 aliphatic heterocycles. The second-order valence-electron chi connectivity index (χ2n) is 2.94. The molecule has 0 N–H and O–H groups in total. The Labute approximate surface area is 87.5 Å².